The maximum Gasteiger partial charge on any atom is 0.130 e. The average Bonchev–Trinajstić information content (AvgIpc) is 2.95. The summed E-state index contributed by atoms with van der Waals surface area (Å²) in [6.45, 7) is 11.1. The van der Waals surface area contributed by atoms with Gasteiger partial charge in [0.1, 0.15) is 12.6 Å². The van der Waals surface area contributed by atoms with E-state index in [1.807, 2.05) is 0 Å². The summed E-state index contributed by atoms with van der Waals surface area (Å²) in [4.78, 5) is 0. The first-order valence-electron chi connectivity index (χ1n) is 18.7. The molecule has 41 heavy (non-hydrogen) atoms. The van der Waals surface area contributed by atoms with Crippen molar-refractivity contribution in [2.24, 2.45) is 5.73 Å². The Hall–Kier alpha value is -0.160. The summed E-state index contributed by atoms with van der Waals surface area (Å²) in [5, 5.41) is 0. The SMILES string of the molecule is CCCCCCCCCCCCCCOCC(C[N+](C)(C)C(C)CCN)OCCCCCCCCCCCCCC. The highest BCUT2D eigenvalue weighted by Crippen LogP contribution is 2.16. The fraction of sp³-hybridized carbons (Fsp3) is 1.00. The molecule has 248 valence electrons. The third-order valence-corrected chi connectivity index (χ3v) is 9.25. The third-order valence-electron chi connectivity index (χ3n) is 9.25. The zero-order valence-corrected chi connectivity index (χ0v) is 29.2. The zero-order valence-electron chi connectivity index (χ0n) is 29.2. The van der Waals surface area contributed by atoms with Crippen LogP contribution in [0.15, 0.2) is 0 Å². The van der Waals surface area contributed by atoms with E-state index in [2.05, 4.69) is 34.9 Å². The van der Waals surface area contributed by atoms with Crippen molar-refractivity contribution < 1.29 is 14.0 Å². The van der Waals surface area contributed by atoms with Gasteiger partial charge in [-0.3, -0.25) is 0 Å². The number of hydrogen-bond acceptors (Lipinski definition) is 3. The van der Waals surface area contributed by atoms with E-state index in [1.165, 1.54) is 154 Å². The molecular weight excluding hydrogens is 504 g/mol. The first-order valence-corrected chi connectivity index (χ1v) is 18.7. The van der Waals surface area contributed by atoms with Crippen LogP contribution in [0.25, 0.3) is 0 Å². The molecule has 0 fully saturated rings. The summed E-state index contributed by atoms with van der Waals surface area (Å²) < 4.78 is 13.6. The monoisotopic (exact) mass is 584 g/mol. The molecule has 0 aliphatic heterocycles. The van der Waals surface area contributed by atoms with E-state index in [9.17, 15) is 0 Å². The molecule has 0 radical (unpaired) electrons. The zero-order chi connectivity index (χ0) is 30.3. The van der Waals surface area contributed by atoms with Gasteiger partial charge in [0.15, 0.2) is 0 Å². The molecule has 0 rings (SSSR count). The first kappa shape index (κ1) is 40.8. The molecule has 0 amide bonds. The van der Waals surface area contributed by atoms with Gasteiger partial charge in [-0.2, -0.15) is 0 Å². The molecule has 4 nitrogen and oxygen atoms in total. The Morgan fingerprint density at radius 1 is 0.537 bits per heavy atom. The molecule has 0 aromatic carbocycles. The summed E-state index contributed by atoms with van der Waals surface area (Å²) in [5.74, 6) is 0. The smallest absolute Gasteiger partial charge is 0.130 e. The second-order valence-corrected chi connectivity index (χ2v) is 13.7. The molecule has 0 aromatic rings. The Labute approximate surface area is 259 Å². The molecular formula is C37H79N2O2+. The van der Waals surface area contributed by atoms with Crippen LogP contribution in [0.4, 0.5) is 0 Å². The van der Waals surface area contributed by atoms with E-state index >= 15 is 0 Å². The van der Waals surface area contributed by atoms with Gasteiger partial charge in [-0.15, -0.1) is 0 Å². The van der Waals surface area contributed by atoms with Gasteiger partial charge in [-0.05, 0) is 26.3 Å². The van der Waals surface area contributed by atoms with Gasteiger partial charge in [-0.25, -0.2) is 0 Å². The molecule has 0 spiro atoms. The number of ether oxygens (including phenoxy) is 2. The Morgan fingerprint density at radius 2 is 0.902 bits per heavy atom. The standard InChI is InChI=1S/C37H79N2O2/c1-6-8-10-12-14-16-18-20-22-24-26-28-32-40-35-37(34-39(4,5)36(3)30-31-38)41-33-29-27-25-23-21-19-17-15-13-11-9-7-2/h36-37H,6-35,38H2,1-5H3/q+1. The predicted molar refractivity (Wildman–Crippen MR) is 183 cm³/mol. The Morgan fingerprint density at radius 3 is 1.29 bits per heavy atom. The summed E-state index contributed by atoms with van der Waals surface area (Å²) >= 11 is 0. The maximum absolute atomic E-state index is 6.44. The van der Waals surface area contributed by atoms with Crippen molar-refractivity contribution in [3.63, 3.8) is 0 Å². The van der Waals surface area contributed by atoms with Gasteiger partial charge in [0, 0.05) is 19.6 Å². The molecule has 0 aromatic heterocycles. The fourth-order valence-electron chi connectivity index (χ4n) is 5.90. The number of rotatable bonds is 34. The van der Waals surface area contributed by atoms with Crippen LogP contribution in [0.5, 0.6) is 0 Å². The summed E-state index contributed by atoms with van der Waals surface area (Å²) in [6.07, 6.45) is 34.4. The van der Waals surface area contributed by atoms with Gasteiger partial charge < -0.3 is 19.7 Å². The first-order chi connectivity index (χ1) is 20.0. The molecule has 0 saturated heterocycles. The molecule has 4 heteroatoms. The van der Waals surface area contributed by atoms with Crippen LogP contribution in [0, 0.1) is 0 Å². The summed E-state index contributed by atoms with van der Waals surface area (Å²) in [5.41, 5.74) is 5.87. The molecule has 2 atom stereocenters. The van der Waals surface area contributed by atoms with Crippen LogP contribution < -0.4 is 5.73 Å². The van der Waals surface area contributed by atoms with Crippen LogP contribution in [0.2, 0.25) is 0 Å². The van der Waals surface area contributed by atoms with Gasteiger partial charge in [-0.1, -0.05) is 155 Å². The predicted octanol–water partition coefficient (Wildman–Crippen LogP) is 10.6. The second-order valence-electron chi connectivity index (χ2n) is 13.7. The molecule has 0 heterocycles. The minimum absolute atomic E-state index is 0.176. The third kappa shape index (κ3) is 28.4. The number of nitrogens with two attached hydrogens (primary N) is 1. The number of nitrogens with zero attached hydrogens (tertiary/aromatic N) is 1. The van der Waals surface area contributed by atoms with E-state index in [4.69, 9.17) is 15.2 Å². The van der Waals surface area contributed by atoms with Crippen molar-refractivity contribution in [2.75, 3.05) is 47.0 Å². The lowest BCUT2D eigenvalue weighted by Gasteiger charge is -2.38. The molecule has 2 unspecified atom stereocenters. The number of hydrogen-bond donors (Lipinski definition) is 1. The van der Waals surface area contributed by atoms with Crippen LogP contribution in [-0.4, -0.2) is 63.6 Å². The summed E-state index contributed by atoms with van der Waals surface area (Å²) in [7, 11) is 4.65. The lowest BCUT2D eigenvalue weighted by Crippen LogP contribution is -2.53. The van der Waals surface area contributed by atoms with Crippen molar-refractivity contribution in [3.05, 3.63) is 0 Å². The summed E-state index contributed by atoms with van der Waals surface area (Å²) in [6, 6.07) is 0.536. The van der Waals surface area contributed by atoms with Crippen molar-refractivity contribution in [1.29, 1.82) is 0 Å². The fourth-order valence-corrected chi connectivity index (χ4v) is 5.90. The highest BCUT2D eigenvalue weighted by Gasteiger charge is 2.28. The minimum atomic E-state index is 0.176. The normalized spacial score (nSPS) is 13.6. The van der Waals surface area contributed by atoms with Crippen molar-refractivity contribution in [1.82, 2.24) is 0 Å². The quantitative estimate of drug-likeness (QED) is 0.0605. The van der Waals surface area contributed by atoms with Gasteiger partial charge >= 0.3 is 0 Å². The molecule has 0 saturated carbocycles. The molecule has 0 aliphatic carbocycles. The molecule has 2 N–H and O–H groups in total. The van der Waals surface area contributed by atoms with Crippen molar-refractivity contribution >= 4 is 0 Å². The molecule has 0 bridgehead atoms. The maximum atomic E-state index is 6.44. The van der Waals surface area contributed by atoms with Gasteiger partial charge in [0.05, 0.1) is 26.7 Å². The van der Waals surface area contributed by atoms with Crippen LogP contribution >= 0.6 is 0 Å². The topological polar surface area (TPSA) is 44.5 Å². The van der Waals surface area contributed by atoms with E-state index in [0.29, 0.717) is 6.04 Å². The van der Waals surface area contributed by atoms with Crippen LogP contribution in [-0.2, 0) is 9.47 Å². The average molecular weight is 584 g/mol. The van der Waals surface area contributed by atoms with Gasteiger partial charge in [0.2, 0.25) is 0 Å². The van der Waals surface area contributed by atoms with Gasteiger partial charge in [0.25, 0.3) is 0 Å². The highest BCUT2D eigenvalue weighted by molar-refractivity contribution is 4.61. The minimum Gasteiger partial charge on any atom is -0.379 e. The second kappa shape index (κ2) is 31.3. The lowest BCUT2D eigenvalue weighted by molar-refractivity contribution is -0.916. The van der Waals surface area contributed by atoms with Crippen molar-refractivity contribution in [2.45, 2.75) is 193 Å². The number of likely N-dealkylation sites (N-methyl/N-ethyl adjacent to an activating group) is 1. The Kier molecular flexibility index (Phi) is 31.1. The largest absolute Gasteiger partial charge is 0.379 e. The Balaban J connectivity index is 4.01. The number of quaternary nitrogens is 1. The molecule has 0 aliphatic rings. The van der Waals surface area contributed by atoms with E-state index in [-0.39, 0.29) is 6.10 Å². The number of unbranched alkanes of at least 4 members (excludes halogenated alkanes) is 22. The highest BCUT2D eigenvalue weighted by atomic mass is 16.5. The Bertz CT molecular complexity index is 499. The van der Waals surface area contributed by atoms with E-state index < -0.39 is 0 Å². The van der Waals surface area contributed by atoms with E-state index in [0.717, 1.165) is 43.8 Å². The van der Waals surface area contributed by atoms with E-state index in [1.54, 1.807) is 0 Å². The van der Waals surface area contributed by atoms with Crippen LogP contribution in [0.3, 0.4) is 0 Å². The van der Waals surface area contributed by atoms with Crippen LogP contribution in [0.1, 0.15) is 181 Å². The lowest BCUT2D eigenvalue weighted by atomic mass is 10.1. The van der Waals surface area contributed by atoms with Crippen molar-refractivity contribution in [3.8, 4) is 0 Å².